The molecule has 4 heteroatoms. The molecule has 0 saturated carbocycles. The number of nitrogens with one attached hydrogen (secondary N) is 2. The van der Waals surface area contributed by atoms with Gasteiger partial charge in [-0.1, -0.05) is 0 Å². The Morgan fingerprint density at radius 3 is 2.00 bits per heavy atom. The van der Waals surface area contributed by atoms with Crippen molar-refractivity contribution < 1.29 is 4.16 Å². The fraction of sp³-hybridized carbons (Fsp3) is 1.00. The third kappa shape index (κ3) is 0.567. The van der Waals surface area contributed by atoms with E-state index in [1.54, 1.807) is 0 Å². The Bertz CT molecular complexity index is 63.2. The minimum atomic E-state index is 0.948. The van der Waals surface area contributed by atoms with Crippen LogP contribution >= 0.6 is 0 Å². The van der Waals surface area contributed by atoms with E-state index in [1.165, 1.54) is 4.16 Å². The maximum absolute atomic E-state index is 4.61. The summed E-state index contributed by atoms with van der Waals surface area (Å²) in [6, 6.07) is 0. The zero-order valence-corrected chi connectivity index (χ0v) is 4.09. The van der Waals surface area contributed by atoms with E-state index in [9.17, 15) is 0 Å². The highest BCUT2D eigenvalue weighted by Gasteiger charge is 2.07. The predicted molar refractivity (Wildman–Crippen MR) is 23.6 cm³/mol. The van der Waals surface area contributed by atoms with Gasteiger partial charge in [0.05, 0.1) is 17.3 Å². The first-order valence-corrected chi connectivity index (χ1v) is 2.20. The van der Waals surface area contributed by atoms with Gasteiger partial charge in [-0.25, -0.2) is 0 Å². The summed E-state index contributed by atoms with van der Waals surface area (Å²) in [7, 11) is 0. The molecule has 0 atom stereocenters. The Hall–Kier alpha value is -0.380. The maximum Gasteiger partial charge on any atom is 0.334 e. The van der Waals surface area contributed by atoms with Crippen molar-refractivity contribution in [3.8, 4) is 0 Å². The molecule has 2 N–H and O–H groups in total. The van der Waals surface area contributed by atoms with E-state index in [2.05, 4.69) is 23.3 Å². The van der Waals surface area contributed by atoms with E-state index in [1.807, 2.05) is 0 Å². The van der Waals surface area contributed by atoms with Gasteiger partial charge in [-0.15, -0.1) is 0 Å². The highest BCUT2D eigenvalue weighted by Crippen LogP contribution is 1.65. The SMILES string of the molecule is S=[N+]1NCCN1. The van der Waals surface area contributed by atoms with Crippen LogP contribution in [0.15, 0.2) is 0 Å². The van der Waals surface area contributed by atoms with Gasteiger partial charge in [0, 0.05) is 0 Å². The summed E-state index contributed by atoms with van der Waals surface area (Å²) in [4.78, 5) is 0. The number of hydrogen-bond donors (Lipinski definition) is 2. The van der Waals surface area contributed by atoms with Crippen molar-refractivity contribution in [1.29, 1.82) is 0 Å². The van der Waals surface area contributed by atoms with Crippen LogP contribution in [0.4, 0.5) is 0 Å². The molecule has 1 aliphatic rings. The molecule has 1 saturated heterocycles. The Balaban J connectivity index is 2.37. The fourth-order valence-corrected chi connectivity index (χ4v) is 0.553. The van der Waals surface area contributed by atoms with Crippen LogP contribution in [0, 0.1) is 0 Å². The molecule has 34 valence electrons. The van der Waals surface area contributed by atoms with Crippen LogP contribution in [0.5, 0.6) is 0 Å². The number of rotatable bonds is 0. The lowest BCUT2D eigenvalue weighted by atomic mass is 10.7. The first-order valence-electron chi connectivity index (χ1n) is 1.84. The molecule has 0 aliphatic carbocycles. The van der Waals surface area contributed by atoms with Crippen molar-refractivity contribution in [2.75, 3.05) is 13.1 Å². The van der Waals surface area contributed by atoms with Gasteiger partial charge in [-0.2, -0.15) is 10.9 Å². The quantitative estimate of drug-likeness (QED) is 0.376. The molecule has 1 rings (SSSR count). The average molecular weight is 104 g/mol. The molecule has 0 unspecified atom stereocenters. The van der Waals surface area contributed by atoms with Crippen LogP contribution in [0.1, 0.15) is 0 Å². The van der Waals surface area contributed by atoms with E-state index in [-0.39, 0.29) is 0 Å². The monoisotopic (exact) mass is 104 g/mol. The van der Waals surface area contributed by atoms with E-state index >= 15 is 0 Å². The number of hydrazine groups is 2. The summed E-state index contributed by atoms with van der Waals surface area (Å²) in [6.45, 7) is 1.90. The van der Waals surface area contributed by atoms with Gasteiger partial charge in [-0.05, 0) is 0 Å². The lowest BCUT2D eigenvalue weighted by molar-refractivity contribution is -0.591. The van der Waals surface area contributed by atoms with Crippen LogP contribution < -0.4 is 10.9 Å². The van der Waals surface area contributed by atoms with E-state index in [4.69, 9.17) is 0 Å². The molecular formula is C2H6N3S+. The molecule has 0 aromatic heterocycles. The number of nitrogens with zero attached hydrogens (tertiary/aromatic N) is 1. The van der Waals surface area contributed by atoms with Crippen molar-refractivity contribution in [2.45, 2.75) is 0 Å². The summed E-state index contributed by atoms with van der Waals surface area (Å²) in [6.07, 6.45) is 0. The minimum absolute atomic E-state index is 0.948. The second-order valence-electron chi connectivity index (χ2n) is 1.11. The standard InChI is InChI=1S/C2H6N3S/c6-5-3-1-2-4-5/h1-2H2,(H2,3,4,6)/q+1. The Morgan fingerprint density at radius 2 is 1.83 bits per heavy atom. The van der Waals surface area contributed by atoms with Gasteiger partial charge in [0.15, 0.2) is 0 Å². The van der Waals surface area contributed by atoms with Crippen LogP contribution in [-0.2, 0) is 12.4 Å². The summed E-state index contributed by atoms with van der Waals surface area (Å²) in [5.41, 5.74) is 5.71. The van der Waals surface area contributed by atoms with Gasteiger partial charge >= 0.3 is 12.4 Å². The summed E-state index contributed by atoms with van der Waals surface area (Å²) in [5.74, 6) is 0. The van der Waals surface area contributed by atoms with Crippen molar-refractivity contribution in [1.82, 2.24) is 10.9 Å². The van der Waals surface area contributed by atoms with Gasteiger partial charge in [0.25, 0.3) is 0 Å². The summed E-state index contributed by atoms with van der Waals surface area (Å²) in [5, 5.41) is 0. The normalized spacial score (nSPS) is 19.7. The topological polar surface area (TPSA) is 27.1 Å². The first kappa shape index (κ1) is 3.80. The molecule has 1 fully saturated rings. The second kappa shape index (κ2) is 1.38. The zero-order valence-electron chi connectivity index (χ0n) is 3.27. The van der Waals surface area contributed by atoms with Crippen molar-refractivity contribution in [2.24, 2.45) is 0 Å². The Kier molecular flexibility index (Phi) is 0.874. The Labute approximate surface area is 41.4 Å². The van der Waals surface area contributed by atoms with E-state index in [0.29, 0.717) is 0 Å². The molecule has 1 aliphatic heterocycles. The van der Waals surface area contributed by atoms with Gasteiger partial charge in [-0.3, -0.25) is 0 Å². The predicted octanol–water partition coefficient (Wildman–Crippen LogP) is -1.25. The highest BCUT2D eigenvalue weighted by molar-refractivity contribution is 7.44. The lowest BCUT2D eigenvalue weighted by Crippen LogP contribution is -2.23. The molecule has 0 radical (unpaired) electrons. The molecule has 0 aromatic rings. The molecule has 0 amide bonds. The summed E-state index contributed by atoms with van der Waals surface area (Å²) >= 11 is 4.61. The largest absolute Gasteiger partial charge is 0.334 e. The summed E-state index contributed by atoms with van der Waals surface area (Å²) < 4.78 is 1.44. The smallest absolute Gasteiger partial charge is 0.154 e. The van der Waals surface area contributed by atoms with Gasteiger partial charge in [0.1, 0.15) is 0 Å². The Morgan fingerprint density at radius 1 is 1.33 bits per heavy atom. The molecule has 0 spiro atoms. The van der Waals surface area contributed by atoms with Gasteiger partial charge < -0.3 is 0 Å². The van der Waals surface area contributed by atoms with Crippen molar-refractivity contribution in [3.63, 3.8) is 0 Å². The lowest BCUT2D eigenvalue weighted by Gasteiger charge is -1.76. The van der Waals surface area contributed by atoms with Crippen molar-refractivity contribution >= 4 is 12.4 Å². The molecule has 3 nitrogen and oxygen atoms in total. The van der Waals surface area contributed by atoms with Gasteiger partial charge in [0.2, 0.25) is 0 Å². The van der Waals surface area contributed by atoms with Crippen LogP contribution in [0.25, 0.3) is 0 Å². The van der Waals surface area contributed by atoms with Crippen LogP contribution in [0.2, 0.25) is 0 Å². The molecule has 0 bridgehead atoms. The highest BCUT2D eigenvalue weighted by atomic mass is 32.1. The second-order valence-corrected chi connectivity index (χ2v) is 1.48. The minimum Gasteiger partial charge on any atom is -0.154 e. The fourth-order valence-electron chi connectivity index (χ4n) is 0.371. The average Bonchev–Trinajstić information content (AvgIpc) is 1.86. The third-order valence-electron chi connectivity index (χ3n) is 0.636. The van der Waals surface area contributed by atoms with Crippen molar-refractivity contribution in [3.05, 3.63) is 0 Å². The van der Waals surface area contributed by atoms with Crippen LogP contribution in [0.3, 0.4) is 0 Å². The first-order chi connectivity index (χ1) is 2.89. The zero-order chi connectivity index (χ0) is 4.41. The maximum atomic E-state index is 4.61. The molecule has 1 heterocycles. The third-order valence-corrected chi connectivity index (χ3v) is 0.894. The molecule has 6 heavy (non-hydrogen) atoms. The van der Waals surface area contributed by atoms with E-state index in [0.717, 1.165) is 13.1 Å². The van der Waals surface area contributed by atoms with Crippen LogP contribution in [-0.4, -0.2) is 17.3 Å². The molecule has 0 aromatic carbocycles. The number of hydrogen-bond acceptors (Lipinski definition) is 1. The van der Waals surface area contributed by atoms with E-state index < -0.39 is 0 Å². The molecular weight excluding hydrogens is 98.1 g/mol.